The van der Waals surface area contributed by atoms with E-state index in [1.165, 1.54) is 4.88 Å². The van der Waals surface area contributed by atoms with E-state index in [1.54, 1.807) is 25.6 Å². The van der Waals surface area contributed by atoms with Crippen LogP contribution in [0.4, 0.5) is 5.13 Å². The summed E-state index contributed by atoms with van der Waals surface area (Å²) in [5.74, 6) is 1.93. The van der Waals surface area contributed by atoms with E-state index in [1.807, 2.05) is 6.07 Å². The summed E-state index contributed by atoms with van der Waals surface area (Å²) in [7, 11) is 3.34. The molecular weight excluding hydrogens is 362 g/mol. The summed E-state index contributed by atoms with van der Waals surface area (Å²) in [6.45, 7) is 2.63. The number of fused-ring (bicyclic) bond motifs is 1. The third kappa shape index (κ3) is 4.09. The summed E-state index contributed by atoms with van der Waals surface area (Å²) in [5.41, 5.74) is 2.29. The Bertz CT molecular complexity index is 810. The lowest BCUT2D eigenvalue weighted by Gasteiger charge is -2.26. The first-order chi connectivity index (χ1) is 13.1. The van der Waals surface area contributed by atoms with Crippen molar-refractivity contribution in [2.75, 3.05) is 26.1 Å². The van der Waals surface area contributed by atoms with Gasteiger partial charge in [-0.05, 0) is 30.5 Å². The molecule has 4 rings (SSSR count). The van der Waals surface area contributed by atoms with Crippen LogP contribution in [0.5, 0.6) is 11.5 Å². The topological polar surface area (TPSA) is 63.7 Å². The molecule has 0 atom stereocenters. The van der Waals surface area contributed by atoms with Crippen molar-refractivity contribution in [2.45, 2.75) is 38.8 Å². The molecular formula is C20H25N3O3S. The van der Waals surface area contributed by atoms with Crippen LogP contribution in [0.15, 0.2) is 18.2 Å². The number of nitrogens with one attached hydrogen (secondary N) is 1. The number of hydrogen-bond acceptors (Lipinski definition) is 6. The normalized spacial score (nSPS) is 17.1. The molecule has 2 heterocycles. The third-order valence-electron chi connectivity index (χ3n) is 5.33. The zero-order chi connectivity index (χ0) is 18.8. The van der Waals surface area contributed by atoms with Crippen molar-refractivity contribution in [1.29, 1.82) is 0 Å². The lowest BCUT2D eigenvalue weighted by Crippen LogP contribution is -2.29. The van der Waals surface area contributed by atoms with E-state index in [0.29, 0.717) is 0 Å². The van der Waals surface area contributed by atoms with Gasteiger partial charge in [0, 0.05) is 42.9 Å². The van der Waals surface area contributed by atoms with Gasteiger partial charge in [-0.15, -0.1) is 11.3 Å². The first kappa shape index (κ1) is 18.3. The van der Waals surface area contributed by atoms with Crippen molar-refractivity contribution < 1.29 is 14.3 Å². The fourth-order valence-electron chi connectivity index (χ4n) is 3.53. The monoisotopic (exact) mass is 387 g/mol. The second-order valence-corrected chi connectivity index (χ2v) is 8.27. The fraction of sp³-hybridized carbons (Fsp3) is 0.500. The van der Waals surface area contributed by atoms with Crippen molar-refractivity contribution in [3.8, 4) is 11.5 Å². The number of amides is 1. The minimum atomic E-state index is 0.132. The number of hydrogen-bond donors (Lipinski definition) is 1. The Balaban J connectivity index is 1.41. The number of benzene rings is 1. The number of carbonyl (C=O) groups is 1. The lowest BCUT2D eigenvalue weighted by atomic mass is 9.85. The average molecular weight is 388 g/mol. The molecule has 0 bridgehead atoms. The zero-order valence-electron chi connectivity index (χ0n) is 15.8. The van der Waals surface area contributed by atoms with E-state index in [4.69, 9.17) is 9.47 Å². The van der Waals surface area contributed by atoms with Gasteiger partial charge in [-0.25, -0.2) is 4.98 Å². The number of rotatable bonds is 6. The van der Waals surface area contributed by atoms with Gasteiger partial charge >= 0.3 is 0 Å². The number of thiazole rings is 1. The van der Waals surface area contributed by atoms with Crippen LogP contribution in [0.3, 0.4) is 0 Å². The number of aromatic nitrogens is 1. The van der Waals surface area contributed by atoms with Crippen LogP contribution in [-0.2, 0) is 24.3 Å². The molecule has 1 N–H and O–H groups in total. The molecule has 2 aromatic rings. The number of carbonyl (C=O) groups excluding carboxylic acids is 1. The first-order valence-corrected chi connectivity index (χ1v) is 10.2. The largest absolute Gasteiger partial charge is 0.497 e. The molecule has 1 aliphatic heterocycles. The molecule has 0 radical (unpaired) electrons. The van der Waals surface area contributed by atoms with Crippen molar-refractivity contribution in [3.05, 3.63) is 34.3 Å². The molecule has 1 aromatic carbocycles. The van der Waals surface area contributed by atoms with E-state index >= 15 is 0 Å². The molecule has 1 fully saturated rings. The minimum Gasteiger partial charge on any atom is -0.497 e. The number of methoxy groups -OCH3 is 2. The van der Waals surface area contributed by atoms with Gasteiger partial charge in [-0.2, -0.15) is 0 Å². The van der Waals surface area contributed by atoms with Gasteiger partial charge in [0.05, 0.1) is 19.9 Å². The Labute approximate surface area is 163 Å². The molecule has 1 saturated carbocycles. The molecule has 7 heteroatoms. The number of ether oxygens (including phenoxy) is 2. The molecule has 0 unspecified atom stereocenters. The molecule has 1 amide bonds. The minimum absolute atomic E-state index is 0.132. The van der Waals surface area contributed by atoms with Crippen LogP contribution in [0.25, 0.3) is 0 Å². The van der Waals surface area contributed by atoms with Crippen molar-refractivity contribution in [3.63, 3.8) is 0 Å². The second kappa shape index (κ2) is 7.86. The van der Waals surface area contributed by atoms with Crippen molar-refractivity contribution in [2.24, 2.45) is 5.92 Å². The predicted molar refractivity (Wildman–Crippen MR) is 105 cm³/mol. The van der Waals surface area contributed by atoms with Gasteiger partial charge in [0.1, 0.15) is 11.5 Å². The predicted octanol–water partition coefficient (Wildman–Crippen LogP) is 3.46. The zero-order valence-corrected chi connectivity index (χ0v) is 16.6. The standard InChI is InChI=1S/C20H25N3O3S/c1-25-15-8-13(9-16(10-15)26-2)11-23-7-6-17-18(12-23)27-20(21-17)22-19(24)14-4-3-5-14/h8-10,14H,3-7,11-12H2,1-2H3,(H,21,22,24). The summed E-state index contributed by atoms with van der Waals surface area (Å²) < 4.78 is 10.7. The highest BCUT2D eigenvalue weighted by Crippen LogP contribution is 2.32. The molecule has 1 aliphatic carbocycles. The van der Waals surface area contributed by atoms with Crippen molar-refractivity contribution >= 4 is 22.4 Å². The first-order valence-electron chi connectivity index (χ1n) is 9.38. The smallest absolute Gasteiger partial charge is 0.229 e. The fourth-order valence-corrected chi connectivity index (χ4v) is 4.58. The summed E-state index contributed by atoms with van der Waals surface area (Å²) in [6, 6.07) is 5.99. The molecule has 6 nitrogen and oxygen atoms in total. The Morgan fingerprint density at radius 1 is 1.26 bits per heavy atom. The second-order valence-electron chi connectivity index (χ2n) is 7.19. The van der Waals surface area contributed by atoms with Gasteiger partial charge < -0.3 is 14.8 Å². The third-order valence-corrected chi connectivity index (χ3v) is 6.33. The van der Waals surface area contributed by atoms with Gasteiger partial charge in [0.15, 0.2) is 5.13 Å². The number of anilines is 1. The maximum Gasteiger partial charge on any atom is 0.229 e. The van der Waals surface area contributed by atoms with E-state index < -0.39 is 0 Å². The van der Waals surface area contributed by atoms with Crippen LogP contribution in [0.1, 0.15) is 35.4 Å². The Kier molecular flexibility index (Phi) is 5.31. The summed E-state index contributed by atoms with van der Waals surface area (Å²) >= 11 is 1.61. The summed E-state index contributed by atoms with van der Waals surface area (Å²) in [5, 5.41) is 3.76. The molecule has 27 heavy (non-hydrogen) atoms. The molecule has 0 spiro atoms. The maximum atomic E-state index is 12.2. The van der Waals surface area contributed by atoms with Crippen LogP contribution in [0, 0.1) is 5.92 Å². The van der Waals surface area contributed by atoms with E-state index in [-0.39, 0.29) is 11.8 Å². The van der Waals surface area contributed by atoms with Crippen LogP contribution in [-0.4, -0.2) is 36.6 Å². The molecule has 1 aromatic heterocycles. The van der Waals surface area contributed by atoms with Gasteiger partial charge in [-0.3, -0.25) is 9.69 Å². The number of nitrogens with zero attached hydrogens (tertiary/aromatic N) is 2. The van der Waals surface area contributed by atoms with Crippen molar-refractivity contribution in [1.82, 2.24) is 9.88 Å². The Morgan fingerprint density at radius 3 is 2.63 bits per heavy atom. The maximum absolute atomic E-state index is 12.2. The van der Waals surface area contributed by atoms with Crippen LogP contribution in [0.2, 0.25) is 0 Å². The quantitative estimate of drug-likeness (QED) is 0.822. The SMILES string of the molecule is COc1cc(CN2CCc3nc(NC(=O)C4CCC4)sc3C2)cc(OC)c1. The summed E-state index contributed by atoms with van der Waals surface area (Å²) in [6.07, 6.45) is 4.09. The van der Waals surface area contributed by atoms with E-state index in [0.717, 1.165) is 73.2 Å². The summed E-state index contributed by atoms with van der Waals surface area (Å²) in [4.78, 5) is 20.4. The van der Waals surface area contributed by atoms with Crippen LogP contribution >= 0.6 is 11.3 Å². The Morgan fingerprint density at radius 2 is 2.00 bits per heavy atom. The van der Waals surface area contributed by atoms with E-state index in [2.05, 4.69) is 27.3 Å². The van der Waals surface area contributed by atoms with Gasteiger partial charge in [-0.1, -0.05) is 6.42 Å². The molecule has 144 valence electrons. The highest BCUT2D eigenvalue weighted by Gasteiger charge is 2.27. The molecule has 0 saturated heterocycles. The van der Waals surface area contributed by atoms with Gasteiger partial charge in [0.2, 0.25) is 5.91 Å². The molecule has 2 aliphatic rings. The van der Waals surface area contributed by atoms with Crippen LogP contribution < -0.4 is 14.8 Å². The van der Waals surface area contributed by atoms with Gasteiger partial charge in [0.25, 0.3) is 0 Å². The van der Waals surface area contributed by atoms with E-state index in [9.17, 15) is 4.79 Å². The Hall–Kier alpha value is -2.12. The average Bonchev–Trinajstić information content (AvgIpc) is 3.01. The highest BCUT2D eigenvalue weighted by atomic mass is 32.1. The highest BCUT2D eigenvalue weighted by molar-refractivity contribution is 7.15. The lowest BCUT2D eigenvalue weighted by molar-refractivity contribution is -0.122.